The maximum Gasteiger partial charge on any atom is 0.221 e. The summed E-state index contributed by atoms with van der Waals surface area (Å²) in [5.41, 5.74) is 4.47. The highest BCUT2D eigenvalue weighted by molar-refractivity contribution is 5.89. The molecule has 0 bridgehead atoms. The molecule has 110 valence electrons. The topological polar surface area (TPSA) is 57.1 Å². The molecule has 0 unspecified atom stereocenters. The van der Waals surface area contributed by atoms with E-state index in [-0.39, 0.29) is 5.91 Å². The molecule has 0 fully saturated rings. The van der Waals surface area contributed by atoms with E-state index in [4.69, 9.17) is 0 Å². The van der Waals surface area contributed by atoms with Gasteiger partial charge in [0.05, 0.1) is 11.4 Å². The van der Waals surface area contributed by atoms with Gasteiger partial charge in [0.25, 0.3) is 0 Å². The smallest absolute Gasteiger partial charge is 0.221 e. The van der Waals surface area contributed by atoms with Crippen LogP contribution in [0.1, 0.15) is 18.1 Å². The summed E-state index contributed by atoms with van der Waals surface area (Å²) in [5, 5.41) is 13.0. The molecule has 5 nitrogen and oxygen atoms in total. The van der Waals surface area contributed by atoms with Crippen molar-refractivity contribution in [2.24, 2.45) is 10.3 Å². The number of carbonyl (C=O) groups excluding carboxylic acids is 1. The van der Waals surface area contributed by atoms with Gasteiger partial charge in [0.1, 0.15) is 0 Å². The Labute approximate surface area is 129 Å². The largest absolute Gasteiger partial charge is 0.326 e. The molecule has 0 atom stereocenters. The van der Waals surface area contributed by atoms with E-state index < -0.39 is 0 Å². The van der Waals surface area contributed by atoms with Crippen LogP contribution in [-0.4, -0.2) is 5.91 Å². The summed E-state index contributed by atoms with van der Waals surface area (Å²) in [4.78, 5) is 11.2. The third-order valence-electron chi connectivity index (χ3n) is 3.23. The van der Waals surface area contributed by atoms with E-state index in [9.17, 15) is 4.79 Å². The van der Waals surface area contributed by atoms with Gasteiger partial charge in [-0.3, -0.25) is 4.79 Å². The summed E-state index contributed by atoms with van der Waals surface area (Å²) in [7, 11) is 0. The predicted molar refractivity (Wildman–Crippen MR) is 88.0 cm³/mol. The van der Waals surface area contributed by atoms with Gasteiger partial charge >= 0.3 is 0 Å². The Bertz CT molecular complexity index is 747. The Hall–Kier alpha value is -2.95. The van der Waals surface area contributed by atoms with Crippen molar-refractivity contribution < 1.29 is 4.79 Å². The fraction of sp³-hybridized carbons (Fsp3) is 0.118. The van der Waals surface area contributed by atoms with Crippen LogP contribution in [0.5, 0.6) is 0 Å². The monoisotopic (exact) mass is 292 g/mol. The van der Waals surface area contributed by atoms with Crippen molar-refractivity contribution in [1.29, 1.82) is 0 Å². The van der Waals surface area contributed by atoms with Crippen LogP contribution in [0, 0.1) is 6.92 Å². The fourth-order valence-electron chi connectivity index (χ4n) is 2.30. The molecule has 0 spiro atoms. The molecule has 0 saturated carbocycles. The van der Waals surface area contributed by atoms with Crippen LogP contribution >= 0.6 is 0 Å². The number of aryl methyl sites for hydroxylation is 1. The van der Waals surface area contributed by atoms with Crippen LogP contribution in [0.2, 0.25) is 0 Å². The SMILES string of the molecule is CC(=O)Nc1cc(C)cc(N2C=Cc3ccccc3N=N2)c1. The minimum atomic E-state index is -0.100. The number of anilines is 2. The number of amides is 1. The highest BCUT2D eigenvalue weighted by Gasteiger charge is 2.09. The first-order valence-corrected chi connectivity index (χ1v) is 6.99. The second-order valence-electron chi connectivity index (χ2n) is 5.15. The van der Waals surface area contributed by atoms with Gasteiger partial charge in [-0.2, -0.15) is 0 Å². The molecule has 2 aromatic carbocycles. The van der Waals surface area contributed by atoms with Crippen LogP contribution in [-0.2, 0) is 4.79 Å². The standard InChI is InChI=1S/C17H16N4O/c1-12-9-15(18-13(2)22)11-16(10-12)21-8-7-14-5-3-4-6-17(14)19-20-21/h3-11H,1-2H3,(H,18,22). The van der Waals surface area contributed by atoms with Crippen LogP contribution in [0.25, 0.3) is 6.08 Å². The summed E-state index contributed by atoms with van der Waals surface area (Å²) in [5.74, 6) is -0.100. The zero-order chi connectivity index (χ0) is 15.5. The third kappa shape index (κ3) is 3.03. The molecule has 22 heavy (non-hydrogen) atoms. The lowest BCUT2D eigenvalue weighted by Crippen LogP contribution is -2.09. The van der Waals surface area contributed by atoms with Crippen LogP contribution < -0.4 is 10.3 Å². The summed E-state index contributed by atoms with van der Waals surface area (Å²) >= 11 is 0. The second-order valence-corrected chi connectivity index (χ2v) is 5.15. The van der Waals surface area contributed by atoms with E-state index >= 15 is 0 Å². The minimum Gasteiger partial charge on any atom is -0.326 e. The summed E-state index contributed by atoms with van der Waals surface area (Å²) in [6, 6.07) is 13.6. The van der Waals surface area contributed by atoms with E-state index in [1.807, 2.05) is 61.7 Å². The van der Waals surface area contributed by atoms with Gasteiger partial charge < -0.3 is 5.32 Å². The summed E-state index contributed by atoms with van der Waals surface area (Å²) in [6.07, 6.45) is 3.83. The molecule has 2 aromatic rings. The number of fused-ring (bicyclic) bond motifs is 1. The lowest BCUT2D eigenvalue weighted by atomic mass is 10.1. The van der Waals surface area contributed by atoms with Crippen molar-refractivity contribution in [3.05, 3.63) is 59.8 Å². The van der Waals surface area contributed by atoms with E-state index in [1.165, 1.54) is 6.92 Å². The van der Waals surface area contributed by atoms with Crippen molar-refractivity contribution in [2.45, 2.75) is 13.8 Å². The zero-order valence-corrected chi connectivity index (χ0v) is 12.4. The molecular formula is C17H16N4O. The molecule has 3 rings (SSSR count). The molecule has 1 amide bonds. The van der Waals surface area contributed by atoms with Gasteiger partial charge in [-0.1, -0.05) is 23.4 Å². The molecule has 1 heterocycles. The maximum atomic E-state index is 11.2. The van der Waals surface area contributed by atoms with Gasteiger partial charge in [0, 0.05) is 24.4 Å². The Morgan fingerprint density at radius 2 is 2.00 bits per heavy atom. The average molecular weight is 292 g/mol. The van der Waals surface area contributed by atoms with Crippen molar-refractivity contribution >= 4 is 29.0 Å². The van der Waals surface area contributed by atoms with Crippen molar-refractivity contribution in [3.63, 3.8) is 0 Å². The van der Waals surface area contributed by atoms with Crippen LogP contribution in [0.3, 0.4) is 0 Å². The van der Waals surface area contributed by atoms with E-state index in [0.717, 1.165) is 28.2 Å². The summed E-state index contributed by atoms with van der Waals surface area (Å²) in [6.45, 7) is 3.46. The normalized spacial score (nSPS) is 12.7. The van der Waals surface area contributed by atoms with Gasteiger partial charge in [-0.05, 0) is 42.8 Å². The van der Waals surface area contributed by atoms with E-state index in [1.54, 1.807) is 5.01 Å². The first kappa shape index (κ1) is 14.0. The number of hydrogen-bond acceptors (Lipinski definition) is 4. The molecule has 1 aliphatic heterocycles. The van der Waals surface area contributed by atoms with Crippen molar-refractivity contribution in [3.8, 4) is 0 Å². The molecule has 1 N–H and O–H groups in total. The molecular weight excluding hydrogens is 276 g/mol. The zero-order valence-electron chi connectivity index (χ0n) is 12.4. The van der Waals surface area contributed by atoms with Crippen molar-refractivity contribution in [1.82, 2.24) is 0 Å². The molecule has 0 aliphatic carbocycles. The van der Waals surface area contributed by atoms with Crippen LogP contribution in [0.4, 0.5) is 17.1 Å². The van der Waals surface area contributed by atoms with Crippen molar-refractivity contribution in [2.75, 3.05) is 10.3 Å². The average Bonchev–Trinajstić information content (AvgIpc) is 2.68. The highest BCUT2D eigenvalue weighted by atomic mass is 16.1. The Kier molecular flexibility index (Phi) is 3.70. The van der Waals surface area contributed by atoms with Crippen LogP contribution in [0.15, 0.2) is 59.0 Å². The first-order chi connectivity index (χ1) is 10.6. The number of nitrogens with one attached hydrogen (secondary N) is 1. The number of rotatable bonds is 2. The lowest BCUT2D eigenvalue weighted by Gasteiger charge is -2.14. The predicted octanol–water partition coefficient (Wildman–Crippen LogP) is 4.44. The number of hydrogen-bond donors (Lipinski definition) is 1. The number of carbonyl (C=O) groups is 1. The Morgan fingerprint density at radius 1 is 1.18 bits per heavy atom. The Morgan fingerprint density at radius 3 is 2.82 bits per heavy atom. The highest BCUT2D eigenvalue weighted by Crippen LogP contribution is 2.28. The minimum absolute atomic E-state index is 0.100. The maximum absolute atomic E-state index is 11.2. The number of benzene rings is 2. The van der Waals surface area contributed by atoms with E-state index in [0.29, 0.717) is 0 Å². The molecule has 0 saturated heterocycles. The second kappa shape index (κ2) is 5.81. The first-order valence-electron chi connectivity index (χ1n) is 6.99. The van der Waals surface area contributed by atoms with Gasteiger partial charge in [0.2, 0.25) is 5.91 Å². The summed E-state index contributed by atoms with van der Waals surface area (Å²) < 4.78 is 0. The lowest BCUT2D eigenvalue weighted by molar-refractivity contribution is -0.114. The fourth-order valence-corrected chi connectivity index (χ4v) is 2.30. The van der Waals surface area contributed by atoms with Gasteiger partial charge in [-0.15, -0.1) is 5.11 Å². The van der Waals surface area contributed by atoms with Gasteiger partial charge in [0.15, 0.2) is 0 Å². The third-order valence-corrected chi connectivity index (χ3v) is 3.23. The molecule has 1 aliphatic rings. The quantitative estimate of drug-likeness (QED) is 0.889. The Balaban J connectivity index is 1.95. The van der Waals surface area contributed by atoms with E-state index in [2.05, 4.69) is 15.7 Å². The number of nitrogens with zero attached hydrogens (tertiary/aromatic N) is 3. The molecule has 0 radical (unpaired) electrons. The molecule has 5 heteroatoms. The molecule has 0 aromatic heterocycles. The van der Waals surface area contributed by atoms with Gasteiger partial charge in [-0.25, -0.2) is 5.01 Å².